The fraction of sp³-hybridized carbons (Fsp3) is 0.571. The quantitative estimate of drug-likeness (QED) is 0.621. The highest BCUT2D eigenvalue weighted by molar-refractivity contribution is 5.91. The summed E-state index contributed by atoms with van der Waals surface area (Å²) in [5, 5.41) is 16.0. The molecular formula is C7H9N3O3. The number of carbonyl (C=O) groups excluding carboxylic acids is 1. The largest absolute Gasteiger partial charge is 0.391 e. The number of aliphatic hydroxyl groups excluding tert-OH is 1. The molecule has 1 amide bonds. The summed E-state index contributed by atoms with van der Waals surface area (Å²) in [7, 11) is 0. The van der Waals surface area contributed by atoms with Crippen LogP contribution in [0.2, 0.25) is 0 Å². The molecule has 1 aromatic heterocycles. The second kappa shape index (κ2) is 3.14. The number of hydrogen-bond donors (Lipinski definition) is 1. The second-order valence-corrected chi connectivity index (χ2v) is 2.99. The Morgan fingerprint density at radius 3 is 3.15 bits per heavy atom. The van der Waals surface area contributed by atoms with E-state index in [2.05, 4.69) is 14.9 Å². The molecular weight excluding hydrogens is 174 g/mol. The number of aliphatic hydroxyl groups is 1. The monoisotopic (exact) mass is 183 g/mol. The second-order valence-electron chi connectivity index (χ2n) is 2.99. The van der Waals surface area contributed by atoms with E-state index in [1.807, 2.05) is 0 Å². The number of amides is 1. The van der Waals surface area contributed by atoms with Gasteiger partial charge >= 0.3 is 0 Å². The average Bonchev–Trinajstić information content (AvgIpc) is 2.72. The summed E-state index contributed by atoms with van der Waals surface area (Å²) < 4.78 is 4.31. The van der Waals surface area contributed by atoms with E-state index in [-0.39, 0.29) is 11.6 Å². The van der Waals surface area contributed by atoms with Crippen molar-refractivity contribution in [3.05, 3.63) is 11.9 Å². The Kier molecular flexibility index (Phi) is 1.97. The van der Waals surface area contributed by atoms with Crippen molar-refractivity contribution in [3.8, 4) is 0 Å². The molecule has 1 N–H and O–H groups in total. The van der Waals surface area contributed by atoms with Crippen LogP contribution in [-0.2, 0) is 0 Å². The Morgan fingerprint density at radius 1 is 1.77 bits per heavy atom. The zero-order valence-corrected chi connectivity index (χ0v) is 6.88. The number of β-amino-alcohol motifs (C(OH)–C–C–N with tert-alkyl or cyclic N) is 1. The third-order valence-corrected chi connectivity index (χ3v) is 2.03. The lowest BCUT2D eigenvalue weighted by Crippen LogP contribution is -2.29. The van der Waals surface area contributed by atoms with Crippen molar-refractivity contribution in [2.75, 3.05) is 13.1 Å². The van der Waals surface area contributed by atoms with E-state index < -0.39 is 6.10 Å². The molecule has 0 unspecified atom stereocenters. The maximum atomic E-state index is 11.5. The lowest BCUT2D eigenvalue weighted by molar-refractivity contribution is 0.0754. The fourth-order valence-electron chi connectivity index (χ4n) is 1.35. The lowest BCUT2D eigenvalue weighted by Gasteiger charge is -2.12. The van der Waals surface area contributed by atoms with Crippen LogP contribution in [0.3, 0.4) is 0 Å². The first kappa shape index (κ1) is 8.18. The summed E-state index contributed by atoms with van der Waals surface area (Å²) in [6.07, 6.45) is 1.48. The molecule has 1 fully saturated rings. The third-order valence-electron chi connectivity index (χ3n) is 2.03. The summed E-state index contributed by atoms with van der Waals surface area (Å²) in [4.78, 5) is 13.0. The van der Waals surface area contributed by atoms with Gasteiger partial charge in [-0.15, -0.1) is 0 Å². The van der Waals surface area contributed by atoms with Crippen LogP contribution in [0.1, 0.15) is 16.9 Å². The highest BCUT2D eigenvalue weighted by Crippen LogP contribution is 2.11. The van der Waals surface area contributed by atoms with Crippen LogP contribution in [-0.4, -0.2) is 45.4 Å². The number of rotatable bonds is 1. The van der Waals surface area contributed by atoms with Crippen molar-refractivity contribution in [2.24, 2.45) is 0 Å². The van der Waals surface area contributed by atoms with Gasteiger partial charge in [0.1, 0.15) is 6.20 Å². The van der Waals surface area contributed by atoms with Crippen molar-refractivity contribution in [1.29, 1.82) is 0 Å². The Bertz CT molecular complexity index is 298. The summed E-state index contributed by atoms with van der Waals surface area (Å²) in [6.45, 7) is 0.929. The fourth-order valence-corrected chi connectivity index (χ4v) is 1.35. The van der Waals surface area contributed by atoms with E-state index in [1.165, 1.54) is 11.1 Å². The maximum absolute atomic E-state index is 11.5. The van der Waals surface area contributed by atoms with Crippen LogP contribution in [0.4, 0.5) is 0 Å². The molecule has 0 radical (unpaired) electrons. The molecule has 0 bridgehead atoms. The zero-order chi connectivity index (χ0) is 9.26. The van der Waals surface area contributed by atoms with Gasteiger partial charge in [0.2, 0.25) is 0 Å². The van der Waals surface area contributed by atoms with Gasteiger partial charge in [0.15, 0.2) is 5.69 Å². The Balaban J connectivity index is 2.06. The van der Waals surface area contributed by atoms with Crippen LogP contribution in [0.25, 0.3) is 0 Å². The topological polar surface area (TPSA) is 79.5 Å². The molecule has 70 valence electrons. The van der Waals surface area contributed by atoms with Crippen LogP contribution in [0, 0.1) is 0 Å². The van der Waals surface area contributed by atoms with Gasteiger partial charge < -0.3 is 10.0 Å². The highest BCUT2D eigenvalue weighted by atomic mass is 16.6. The van der Waals surface area contributed by atoms with E-state index >= 15 is 0 Å². The van der Waals surface area contributed by atoms with E-state index in [0.29, 0.717) is 19.5 Å². The van der Waals surface area contributed by atoms with Crippen LogP contribution < -0.4 is 0 Å². The molecule has 0 aliphatic carbocycles. The molecule has 6 heteroatoms. The average molecular weight is 183 g/mol. The molecule has 1 aliphatic heterocycles. The van der Waals surface area contributed by atoms with Crippen LogP contribution >= 0.6 is 0 Å². The van der Waals surface area contributed by atoms with E-state index in [9.17, 15) is 9.90 Å². The lowest BCUT2D eigenvalue weighted by atomic mass is 10.3. The van der Waals surface area contributed by atoms with E-state index in [1.54, 1.807) is 0 Å². The highest BCUT2D eigenvalue weighted by Gasteiger charge is 2.26. The maximum Gasteiger partial charge on any atom is 0.277 e. The van der Waals surface area contributed by atoms with Gasteiger partial charge in [0.25, 0.3) is 5.91 Å². The molecule has 0 aromatic carbocycles. The van der Waals surface area contributed by atoms with E-state index in [0.717, 1.165) is 0 Å². The first-order valence-electron chi connectivity index (χ1n) is 4.02. The number of likely N-dealkylation sites (tertiary alicyclic amines) is 1. The molecule has 2 rings (SSSR count). The predicted octanol–water partition coefficient (Wildman–Crippen LogP) is -0.724. The molecule has 1 aliphatic rings. The number of nitrogens with zero attached hydrogens (tertiary/aromatic N) is 3. The predicted molar refractivity (Wildman–Crippen MR) is 40.8 cm³/mol. The van der Waals surface area contributed by atoms with Crippen molar-refractivity contribution >= 4 is 5.91 Å². The molecule has 6 nitrogen and oxygen atoms in total. The van der Waals surface area contributed by atoms with Gasteiger partial charge in [0, 0.05) is 13.1 Å². The van der Waals surface area contributed by atoms with Gasteiger partial charge in [-0.25, -0.2) is 4.63 Å². The van der Waals surface area contributed by atoms with Gasteiger partial charge in [-0.05, 0) is 11.6 Å². The molecule has 1 saturated heterocycles. The van der Waals surface area contributed by atoms with Gasteiger partial charge in [-0.3, -0.25) is 4.79 Å². The number of aromatic nitrogens is 2. The van der Waals surface area contributed by atoms with Gasteiger partial charge in [-0.1, -0.05) is 5.16 Å². The zero-order valence-electron chi connectivity index (χ0n) is 6.88. The molecule has 13 heavy (non-hydrogen) atoms. The molecule has 0 saturated carbocycles. The van der Waals surface area contributed by atoms with Crippen molar-refractivity contribution in [3.63, 3.8) is 0 Å². The Hall–Kier alpha value is -1.43. The normalized spacial score (nSPS) is 22.2. The van der Waals surface area contributed by atoms with Gasteiger partial charge in [-0.2, -0.15) is 0 Å². The summed E-state index contributed by atoms with van der Waals surface area (Å²) in [5.41, 5.74) is 0.189. The minimum Gasteiger partial charge on any atom is -0.391 e. The standard InChI is InChI=1S/C7H9N3O3/c11-5-1-2-10(4-5)7(12)6-3-8-13-9-6/h3,5,11H,1-2,4H2/t5-/m1/s1. The smallest absolute Gasteiger partial charge is 0.277 e. The number of hydrogen-bond acceptors (Lipinski definition) is 5. The minimum absolute atomic E-state index is 0.189. The van der Waals surface area contributed by atoms with Crippen LogP contribution in [0.5, 0.6) is 0 Å². The first-order chi connectivity index (χ1) is 6.27. The molecule has 0 spiro atoms. The summed E-state index contributed by atoms with van der Waals surface area (Å²) >= 11 is 0. The SMILES string of the molecule is O=C(c1cnon1)N1CC[C@@H](O)C1. The summed E-state index contributed by atoms with van der Waals surface area (Å²) in [6, 6.07) is 0. The molecule has 1 aromatic rings. The molecule has 1 atom stereocenters. The number of carbonyl (C=O) groups is 1. The Morgan fingerprint density at radius 2 is 2.62 bits per heavy atom. The Labute approximate surface area is 74.1 Å². The van der Waals surface area contributed by atoms with Gasteiger partial charge in [0.05, 0.1) is 6.10 Å². The van der Waals surface area contributed by atoms with E-state index in [4.69, 9.17) is 0 Å². The first-order valence-corrected chi connectivity index (χ1v) is 4.02. The summed E-state index contributed by atoms with van der Waals surface area (Å²) in [5.74, 6) is -0.238. The third kappa shape index (κ3) is 1.52. The molecule has 2 heterocycles. The minimum atomic E-state index is -0.413. The van der Waals surface area contributed by atoms with Crippen LogP contribution in [0.15, 0.2) is 10.8 Å². The van der Waals surface area contributed by atoms with Crippen molar-refractivity contribution in [1.82, 2.24) is 15.2 Å². The van der Waals surface area contributed by atoms with Crippen molar-refractivity contribution in [2.45, 2.75) is 12.5 Å². The van der Waals surface area contributed by atoms with Crippen molar-refractivity contribution < 1.29 is 14.5 Å².